The second-order valence-corrected chi connectivity index (χ2v) is 6.11. The number of methoxy groups -OCH3 is 1. The summed E-state index contributed by atoms with van der Waals surface area (Å²) in [5, 5.41) is 6.03. The maximum Gasteiger partial charge on any atom is 0.233 e. The topological polar surface area (TPSA) is 50.4 Å². The van der Waals surface area contributed by atoms with Crippen molar-refractivity contribution < 1.29 is 13.9 Å². The number of nitrogens with one attached hydrogen (secondary N) is 2. The van der Waals surface area contributed by atoms with Crippen LogP contribution in [0.1, 0.15) is 36.9 Å². The van der Waals surface area contributed by atoms with E-state index < -0.39 is 5.82 Å². The van der Waals surface area contributed by atoms with Gasteiger partial charge in [-0.2, -0.15) is 0 Å². The molecule has 2 atom stereocenters. The van der Waals surface area contributed by atoms with Crippen LogP contribution in [0.3, 0.4) is 0 Å². The number of ether oxygens (including phenoxy) is 1. The van der Waals surface area contributed by atoms with Crippen molar-refractivity contribution >= 4 is 5.91 Å². The van der Waals surface area contributed by atoms with Gasteiger partial charge in [0, 0.05) is 12.6 Å². The van der Waals surface area contributed by atoms with Crippen LogP contribution in [0, 0.1) is 5.82 Å². The first-order valence-corrected chi connectivity index (χ1v) is 8.39. The van der Waals surface area contributed by atoms with E-state index in [4.69, 9.17) is 4.74 Å². The first-order chi connectivity index (χ1) is 12.0. The van der Waals surface area contributed by atoms with Crippen LogP contribution in [0.15, 0.2) is 48.5 Å². The molecule has 134 valence electrons. The lowest BCUT2D eigenvalue weighted by Crippen LogP contribution is -2.36. The van der Waals surface area contributed by atoms with Crippen molar-refractivity contribution in [3.05, 3.63) is 65.5 Å². The molecule has 0 saturated heterocycles. The highest BCUT2D eigenvalue weighted by Crippen LogP contribution is 2.21. The number of rotatable bonds is 8. The van der Waals surface area contributed by atoms with E-state index in [0.29, 0.717) is 6.54 Å². The monoisotopic (exact) mass is 344 g/mol. The standard InChI is InChI=1S/C20H25FN2O2/c1-14(16-7-5-4-6-8-16)12-23-20(24)13-22-15(2)17-9-10-19(25-3)18(21)11-17/h4-11,14-15,22H,12-13H2,1-3H3,(H,23,24)/t14-,15+/m0/s1. The minimum Gasteiger partial charge on any atom is -0.494 e. The highest BCUT2D eigenvalue weighted by molar-refractivity contribution is 5.78. The average molecular weight is 344 g/mol. The molecule has 2 aromatic rings. The van der Waals surface area contributed by atoms with Gasteiger partial charge in [0.1, 0.15) is 0 Å². The summed E-state index contributed by atoms with van der Waals surface area (Å²) in [7, 11) is 1.43. The van der Waals surface area contributed by atoms with Crippen LogP contribution in [-0.2, 0) is 4.79 Å². The zero-order valence-corrected chi connectivity index (χ0v) is 14.9. The first-order valence-electron chi connectivity index (χ1n) is 8.39. The molecule has 0 aliphatic heterocycles. The summed E-state index contributed by atoms with van der Waals surface area (Å²) in [5.74, 6) is -0.0275. The van der Waals surface area contributed by atoms with Crippen LogP contribution >= 0.6 is 0 Å². The van der Waals surface area contributed by atoms with E-state index in [9.17, 15) is 9.18 Å². The molecule has 0 saturated carbocycles. The molecule has 0 heterocycles. The molecule has 2 N–H and O–H groups in total. The van der Waals surface area contributed by atoms with Crippen LogP contribution in [0.25, 0.3) is 0 Å². The third-order valence-corrected chi connectivity index (χ3v) is 4.22. The van der Waals surface area contributed by atoms with Gasteiger partial charge in [-0.3, -0.25) is 4.79 Å². The fourth-order valence-electron chi connectivity index (χ4n) is 2.54. The number of amides is 1. The summed E-state index contributed by atoms with van der Waals surface area (Å²) in [6.45, 7) is 4.72. The van der Waals surface area contributed by atoms with Gasteiger partial charge in [0.15, 0.2) is 11.6 Å². The van der Waals surface area contributed by atoms with Crippen molar-refractivity contribution in [3.8, 4) is 5.75 Å². The SMILES string of the molecule is COc1ccc([C@@H](C)NCC(=O)NC[C@H](C)c2ccccc2)cc1F. The van der Waals surface area contributed by atoms with Gasteiger partial charge in [0.2, 0.25) is 5.91 Å². The fourth-order valence-corrected chi connectivity index (χ4v) is 2.54. The minimum atomic E-state index is -0.408. The molecule has 0 spiro atoms. The molecule has 2 rings (SSSR count). The van der Waals surface area contributed by atoms with Gasteiger partial charge in [-0.1, -0.05) is 43.3 Å². The maximum atomic E-state index is 13.7. The van der Waals surface area contributed by atoms with Crippen molar-refractivity contribution in [1.82, 2.24) is 10.6 Å². The van der Waals surface area contributed by atoms with E-state index in [1.54, 1.807) is 12.1 Å². The van der Waals surface area contributed by atoms with Crippen LogP contribution in [-0.4, -0.2) is 26.1 Å². The second-order valence-electron chi connectivity index (χ2n) is 6.11. The summed E-state index contributed by atoms with van der Waals surface area (Å²) in [4.78, 5) is 12.0. The Morgan fingerprint density at radius 3 is 2.48 bits per heavy atom. The van der Waals surface area contributed by atoms with E-state index in [2.05, 4.69) is 29.7 Å². The van der Waals surface area contributed by atoms with Crippen molar-refractivity contribution in [1.29, 1.82) is 0 Å². The Hall–Kier alpha value is -2.40. The predicted molar refractivity (Wildman–Crippen MR) is 97.2 cm³/mol. The van der Waals surface area contributed by atoms with Crippen LogP contribution < -0.4 is 15.4 Å². The number of benzene rings is 2. The smallest absolute Gasteiger partial charge is 0.233 e. The summed E-state index contributed by atoms with van der Waals surface area (Å²) in [6.07, 6.45) is 0. The summed E-state index contributed by atoms with van der Waals surface area (Å²) < 4.78 is 18.7. The molecule has 0 radical (unpaired) electrons. The Morgan fingerprint density at radius 2 is 1.84 bits per heavy atom. The van der Waals surface area contributed by atoms with Gasteiger partial charge < -0.3 is 15.4 Å². The molecule has 0 fully saturated rings. The third kappa shape index (κ3) is 5.57. The lowest BCUT2D eigenvalue weighted by Gasteiger charge is -2.16. The molecular formula is C20H25FN2O2. The Bertz CT molecular complexity index is 691. The fraction of sp³-hybridized carbons (Fsp3) is 0.350. The highest BCUT2D eigenvalue weighted by Gasteiger charge is 2.12. The van der Waals surface area contributed by atoms with Gasteiger partial charge in [-0.25, -0.2) is 4.39 Å². The minimum absolute atomic E-state index is 0.0800. The third-order valence-electron chi connectivity index (χ3n) is 4.22. The lowest BCUT2D eigenvalue weighted by molar-refractivity contribution is -0.120. The van der Waals surface area contributed by atoms with Crippen LogP contribution in [0.5, 0.6) is 5.75 Å². The van der Waals surface area contributed by atoms with Gasteiger partial charge in [-0.05, 0) is 36.1 Å². The molecule has 0 aliphatic rings. The van der Waals surface area contributed by atoms with Crippen LogP contribution in [0.2, 0.25) is 0 Å². The summed E-state index contributed by atoms with van der Waals surface area (Å²) >= 11 is 0. The predicted octanol–water partition coefficient (Wildman–Crippen LogP) is 3.40. The van der Waals surface area contributed by atoms with E-state index in [-0.39, 0.29) is 30.2 Å². The normalized spacial score (nSPS) is 13.1. The van der Waals surface area contributed by atoms with E-state index in [1.807, 2.05) is 25.1 Å². The molecule has 4 nitrogen and oxygen atoms in total. The zero-order chi connectivity index (χ0) is 18.2. The Labute approximate surface area is 148 Å². The summed E-state index contributed by atoms with van der Waals surface area (Å²) in [6, 6.07) is 14.7. The van der Waals surface area contributed by atoms with E-state index in [1.165, 1.54) is 18.7 Å². The summed E-state index contributed by atoms with van der Waals surface area (Å²) in [5.41, 5.74) is 1.96. The number of carbonyl (C=O) groups excluding carboxylic acids is 1. The highest BCUT2D eigenvalue weighted by atomic mass is 19.1. The van der Waals surface area contributed by atoms with Gasteiger partial charge in [0.25, 0.3) is 0 Å². The molecular weight excluding hydrogens is 319 g/mol. The zero-order valence-electron chi connectivity index (χ0n) is 14.9. The Morgan fingerprint density at radius 1 is 1.12 bits per heavy atom. The number of halogens is 1. The number of carbonyl (C=O) groups is 1. The molecule has 2 aromatic carbocycles. The quantitative estimate of drug-likeness (QED) is 0.772. The maximum absolute atomic E-state index is 13.7. The van der Waals surface area contributed by atoms with E-state index in [0.717, 1.165) is 5.56 Å². The van der Waals surface area contributed by atoms with Gasteiger partial charge >= 0.3 is 0 Å². The Balaban J connectivity index is 1.78. The Kier molecular flexibility index (Phi) is 6.95. The number of hydrogen-bond acceptors (Lipinski definition) is 3. The van der Waals surface area contributed by atoms with Gasteiger partial charge in [-0.15, -0.1) is 0 Å². The van der Waals surface area contributed by atoms with Crippen molar-refractivity contribution in [2.24, 2.45) is 0 Å². The molecule has 0 unspecified atom stereocenters. The second kappa shape index (κ2) is 9.18. The number of hydrogen-bond donors (Lipinski definition) is 2. The van der Waals surface area contributed by atoms with Crippen molar-refractivity contribution in [2.45, 2.75) is 25.8 Å². The van der Waals surface area contributed by atoms with Crippen LogP contribution in [0.4, 0.5) is 4.39 Å². The molecule has 0 aliphatic carbocycles. The molecule has 25 heavy (non-hydrogen) atoms. The van der Waals surface area contributed by atoms with Gasteiger partial charge in [0.05, 0.1) is 13.7 Å². The van der Waals surface area contributed by atoms with Crippen molar-refractivity contribution in [3.63, 3.8) is 0 Å². The lowest BCUT2D eigenvalue weighted by atomic mass is 10.0. The average Bonchev–Trinajstić information content (AvgIpc) is 2.64. The van der Waals surface area contributed by atoms with E-state index >= 15 is 0 Å². The molecule has 5 heteroatoms. The molecule has 0 bridgehead atoms. The van der Waals surface area contributed by atoms with Crippen molar-refractivity contribution in [2.75, 3.05) is 20.2 Å². The molecule has 0 aromatic heterocycles. The molecule has 1 amide bonds. The first kappa shape index (κ1) is 18.9. The largest absolute Gasteiger partial charge is 0.494 e.